The van der Waals surface area contributed by atoms with Gasteiger partial charge in [0.2, 0.25) is 0 Å². The summed E-state index contributed by atoms with van der Waals surface area (Å²) in [6.07, 6.45) is 5.82. The van der Waals surface area contributed by atoms with Gasteiger partial charge in [0, 0.05) is 71.6 Å². The molecule has 4 heterocycles. The second-order valence-corrected chi connectivity index (χ2v) is 8.83. The lowest BCUT2D eigenvalue weighted by atomic mass is 9.99. The highest BCUT2D eigenvalue weighted by Gasteiger charge is 2.32. The molecular weight excluding hydrogens is 392 g/mol. The van der Waals surface area contributed by atoms with Gasteiger partial charge in [-0.05, 0) is 32.0 Å². The van der Waals surface area contributed by atoms with E-state index in [9.17, 15) is 9.90 Å². The summed E-state index contributed by atoms with van der Waals surface area (Å²) in [7, 11) is 3.73. The third-order valence-electron chi connectivity index (χ3n) is 6.42. The fourth-order valence-electron chi connectivity index (χ4n) is 4.17. The highest BCUT2D eigenvalue weighted by atomic mass is 16.3. The molecule has 2 aliphatic rings. The van der Waals surface area contributed by atoms with Gasteiger partial charge in [-0.3, -0.25) is 4.79 Å². The van der Waals surface area contributed by atoms with Crippen molar-refractivity contribution in [2.24, 2.45) is 4.99 Å². The maximum atomic E-state index is 12.9. The molecule has 31 heavy (non-hydrogen) atoms. The molecule has 0 aliphatic carbocycles. The van der Waals surface area contributed by atoms with Gasteiger partial charge in [0.15, 0.2) is 0 Å². The number of fused-ring (bicyclic) bond motifs is 4. The molecule has 3 aromatic rings. The van der Waals surface area contributed by atoms with E-state index in [0.717, 1.165) is 39.1 Å². The Morgan fingerprint density at radius 3 is 2.90 bits per heavy atom. The van der Waals surface area contributed by atoms with Crippen LogP contribution in [0.1, 0.15) is 35.8 Å². The molecule has 0 saturated heterocycles. The summed E-state index contributed by atoms with van der Waals surface area (Å²) < 4.78 is 0. The summed E-state index contributed by atoms with van der Waals surface area (Å²) in [6.45, 7) is 3.57. The summed E-state index contributed by atoms with van der Waals surface area (Å²) in [5.41, 5.74) is 8.33. The summed E-state index contributed by atoms with van der Waals surface area (Å²) in [6, 6.07) is 7.94. The minimum Gasteiger partial charge on any atom is -0.394 e. The number of hydrogen-bond donors (Lipinski definition) is 4. The van der Waals surface area contributed by atoms with Gasteiger partial charge in [0.05, 0.1) is 18.2 Å². The van der Waals surface area contributed by atoms with E-state index < -0.39 is 5.54 Å². The Kier molecular flexibility index (Phi) is 4.32. The molecule has 0 saturated carbocycles. The van der Waals surface area contributed by atoms with E-state index in [1.807, 2.05) is 57.7 Å². The molecular formula is C23H26N6O2. The normalized spacial score (nSPS) is 18.0. The molecule has 0 fully saturated rings. The molecule has 8 nitrogen and oxygen atoms in total. The summed E-state index contributed by atoms with van der Waals surface area (Å²) in [4.78, 5) is 25.8. The minimum absolute atomic E-state index is 0.104. The van der Waals surface area contributed by atoms with Crippen molar-refractivity contribution in [3.8, 4) is 11.3 Å². The number of rotatable bonds is 4. The van der Waals surface area contributed by atoms with Crippen molar-refractivity contribution < 1.29 is 9.90 Å². The number of aliphatic hydroxyl groups is 1. The zero-order valence-electron chi connectivity index (χ0n) is 18.0. The van der Waals surface area contributed by atoms with Crippen LogP contribution in [-0.2, 0) is 0 Å². The SMILES string of the molecule is CN1NC=C2C=Nc3[nH]c(-c4c[nH]c5cc(C(=O)N(C)C(C)(C)CO)ccc45)cc3C21. The van der Waals surface area contributed by atoms with Crippen molar-refractivity contribution in [3.63, 3.8) is 0 Å². The van der Waals surface area contributed by atoms with Crippen LogP contribution in [0.2, 0.25) is 0 Å². The maximum absolute atomic E-state index is 12.9. The summed E-state index contributed by atoms with van der Waals surface area (Å²) in [5.74, 6) is 0.736. The number of hydrogen-bond acceptors (Lipinski definition) is 5. The van der Waals surface area contributed by atoms with Crippen LogP contribution >= 0.6 is 0 Å². The van der Waals surface area contributed by atoms with Crippen molar-refractivity contribution in [3.05, 3.63) is 53.4 Å². The van der Waals surface area contributed by atoms with Crippen LogP contribution in [0.15, 0.2) is 47.2 Å². The molecule has 1 amide bonds. The lowest BCUT2D eigenvalue weighted by Crippen LogP contribution is -2.47. The lowest BCUT2D eigenvalue weighted by molar-refractivity contribution is 0.0473. The Labute approximate surface area is 180 Å². The first-order valence-electron chi connectivity index (χ1n) is 10.3. The van der Waals surface area contributed by atoms with E-state index in [1.165, 1.54) is 0 Å². The van der Waals surface area contributed by atoms with Gasteiger partial charge in [-0.2, -0.15) is 0 Å². The van der Waals surface area contributed by atoms with Gasteiger partial charge in [0.25, 0.3) is 5.91 Å². The standard InChI is InChI=1S/C23H26N6O2/c1-23(2,12-30)28(3)22(31)13-5-6-15-17(11-24-18(15)7-13)19-8-16-20-14(10-26-29(20)4)9-25-21(16)27-19/h5-11,20,24,26-27,30H,12H2,1-4H3. The van der Waals surface area contributed by atoms with Crippen LogP contribution < -0.4 is 5.43 Å². The first kappa shape index (κ1) is 19.6. The third-order valence-corrected chi connectivity index (χ3v) is 6.42. The van der Waals surface area contributed by atoms with E-state index in [2.05, 4.69) is 31.5 Å². The van der Waals surface area contributed by atoms with Gasteiger partial charge in [-0.25, -0.2) is 10.0 Å². The smallest absolute Gasteiger partial charge is 0.254 e. The molecule has 8 heteroatoms. The van der Waals surface area contributed by atoms with Crippen LogP contribution in [-0.4, -0.2) is 63.3 Å². The Morgan fingerprint density at radius 1 is 1.32 bits per heavy atom. The molecule has 1 unspecified atom stereocenters. The number of amides is 1. The van der Waals surface area contributed by atoms with E-state index in [0.29, 0.717) is 5.56 Å². The molecule has 2 aliphatic heterocycles. The summed E-state index contributed by atoms with van der Waals surface area (Å²) >= 11 is 0. The second-order valence-electron chi connectivity index (χ2n) is 8.83. The Hall–Kier alpha value is -3.36. The van der Waals surface area contributed by atoms with Crippen LogP contribution in [0.4, 0.5) is 5.82 Å². The molecule has 1 atom stereocenters. The highest BCUT2D eigenvalue weighted by molar-refractivity contribution is 6.02. The van der Waals surface area contributed by atoms with Gasteiger partial charge in [-0.1, -0.05) is 6.07 Å². The number of likely N-dealkylation sites (N-methyl/N-ethyl adjacent to an activating group) is 2. The van der Waals surface area contributed by atoms with Crippen molar-refractivity contribution in [1.29, 1.82) is 0 Å². The fourth-order valence-corrected chi connectivity index (χ4v) is 4.17. The van der Waals surface area contributed by atoms with Crippen LogP contribution in [0.5, 0.6) is 0 Å². The van der Waals surface area contributed by atoms with Crippen LogP contribution in [0.25, 0.3) is 22.2 Å². The second kappa shape index (κ2) is 6.83. The number of benzene rings is 1. The number of carbonyl (C=O) groups is 1. The van der Waals surface area contributed by atoms with Gasteiger partial charge in [-0.15, -0.1) is 0 Å². The molecule has 5 rings (SSSR count). The average molecular weight is 419 g/mol. The molecule has 0 spiro atoms. The zero-order chi connectivity index (χ0) is 21.9. The van der Waals surface area contributed by atoms with E-state index in [-0.39, 0.29) is 18.6 Å². The first-order valence-corrected chi connectivity index (χ1v) is 10.3. The monoisotopic (exact) mass is 418 g/mol. The molecule has 2 aromatic heterocycles. The Bertz CT molecular complexity index is 1250. The Balaban J connectivity index is 1.50. The number of aromatic amines is 2. The molecule has 0 bridgehead atoms. The number of carbonyl (C=O) groups excluding carboxylic acids is 1. The van der Waals surface area contributed by atoms with E-state index in [4.69, 9.17) is 0 Å². The number of aromatic nitrogens is 2. The lowest BCUT2D eigenvalue weighted by Gasteiger charge is -2.34. The average Bonchev–Trinajstić information content (AvgIpc) is 3.47. The molecule has 4 N–H and O–H groups in total. The third kappa shape index (κ3) is 2.98. The molecule has 160 valence electrons. The minimum atomic E-state index is -0.633. The van der Waals surface area contributed by atoms with Gasteiger partial charge < -0.3 is 25.4 Å². The number of nitrogens with one attached hydrogen (secondary N) is 3. The number of nitrogens with zero attached hydrogens (tertiary/aromatic N) is 3. The Morgan fingerprint density at radius 2 is 2.13 bits per heavy atom. The quantitative estimate of drug-likeness (QED) is 0.523. The number of hydrazine groups is 1. The van der Waals surface area contributed by atoms with E-state index >= 15 is 0 Å². The van der Waals surface area contributed by atoms with E-state index in [1.54, 1.807) is 11.9 Å². The van der Waals surface area contributed by atoms with Crippen molar-refractivity contribution in [2.75, 3.05) is 20.7 Å². The van der Waals surface area contributed by atoms with Gasteiger partial charge in [0.1, 0.15) is 5.82 Å². The topological polar surface area (TPSA) is 99.8 Å². The van der Waals surface area contributed by atoms with Crippen molar-refractivity contribution in [1.82, 2.24) is 25.3 Å². The van der Waals surface area contributed by atoms with Crippen LogP contribution in [0.3, 0.4) is 0 Å². The predicted octanol–water partition coefficient (Wildman–Crippen LogP) is 3.10. The number of aliphatic imine (C=N–C) groups is 1. The van der Waals surface area contributed by atoms with Crippen molar-refractivity contribution >= 4 is 28.8 Å². The predicted molar refractivity (Wildman–Crippen MR) is 121 cm³/mol. The largest absolute Gasteiger partial charge is 0.394 e. The molecule has 0 radical (unpaired) electrons. The number of aliphatic hydroxyl groups excluding tert-OH is 1. The zero-order valence-corrected chi connectivity index (χ0v) is 18.0. The highest BCUT2D eigenvalue weighted by Crippen LogP contribution is 2.42. The molecule has 1 aromatic carbocycles. The van der Waals surface area contributed by atoms with Gasteiger partial charge >= 0.3 is 0 Å². The fraction of sp³-hybridized carbons (Fsp3) is 0.304. The van der Waals surface area contributed by atoms with Crippen LogP contribution in [0, 0.1) is 0 Å². The summed E-state index contributed by atoms with van der Waals surface area (Å²) in [5, 5.41) is 12.7. The van der Waals surface area contributed by atoms with Crippen molar-refractivity contribution in [2.45, 2.75) is 25.4 Å². The maximum Gasteiger partial charge on any atom is 0.254 e. The number of H-pyrrole nitrogens is 2. The first-order chi connectivity index (χ1) is 14.8.